The standard InChI is InChI=1S/C18H27NO2/c1-13-3-4-14(2)16(9-13)10-17(19)15-5-7-21-18(11-15)6-8-20-12-18/h3-4,9,15,17H,5-8,10-12,19H2,1-2H3. The molecule has 116 valence electrons. The molecule has 2 N–H and O–H groups in total. The maximum atomic E-state index is 6.55. The number of ether oxygens (including phenoxy) is 2. The molecule has 0 radical (unpaired) electrons. The molecule has 2 aliphatic heterocycles. The molecular formula is C18H27NO2. The van der Waals surface area contributed by atoms with Crippen LogP contribution in [0.3, 0.4) is 0 Å². The number of aryl methyl sites for hydroxylation is 2. The molecule has 1 spiro atoms. The Morgan fingerprint density at radius 2 is 2.19 bits per heavy atom. The molecule has 0 amide bonds. The summed E-state index contributed by atoms with van der Waals surface area (Å²) in [5.74, 6) is 0.542. The van der Waals surface area contributed by atoms with Gasteiger partial charge in [0.2, 0.25) is 0 Å². The summed E-state index contributed by atoms with van der Waals surface area (Å²) < 4.78 is 11.6. The van der Waals surface area contributed by atoms with Gasteiger partial charge < -0.3 is 15.2 Å². The lowest BCUT2D eigenvalue weighted by molar-refractivity contribution is -0.101. The van der Waals surface area contributed by atoms with Crippen LogP contribution >= 0.6 is 0 Å². The van der Waals surface area contributed by atoms with Gasteiger partial charge in [-0.1, -0.05) is 23.8 Å². The van der Waals surface area contributed by atoms with Crippen molar-refractivity contribution in [1.82, 2.24) is 0 Å². The molecule has 0 saturated carbocycles. The van der Waals surface area contributed by atoms with Crippen molar-refractivity contribution < 1.29 is 9.47 Å². The van der Waals surface area contributed by atoms with Gasteiger partial charge in [0, 0.05) is 25.7 Å². The molecular weight excluding hydrogens is 262 g/mol. The van der Waals surface area contributed by atoms with Gasteiger partial charge >= 0.3 is 0 Å². The van der Waals surface area contributed by atoms with Crippen molar-refractivity contribution in [3.63, 3.8) is 0 Å². The molecule has 0 bridgehead atoms. The first-order valence-corrected chi connectivity index (χ1v) is 8.11. The molecule has 2 aliphatic rings. The van der Waals surface area contributed by atoms with Crippen LogP contribution in [0.2, 0.25) is 0 Å². The molecule has 3 unspecified atom stereocenters. The Bertz CT molecular complexity index is 494. The van der Waals surface area contributed by atoms with Crippen LogP contribution in [0, 0.1) is 19.8 Å². The average molecular weight is 289 g/mol. The van der Waals surface area contributed by atoms with Gasteiger partial charge in [-0.25, -0.2) is 0 Å². The normalized spacial score (nSPS) is 30.7. The zero-order valence-corrected chi connectivity index (χ0v) is 13.2. The van der Waals surface area contributed by atoms with Gasteiger partial charge in [0.15, 0.2) is 0 Å². The fourth-order valence-electron chi connectivity index (χ4n) is 3.74. The van der Waals surface area contributed by atoms with Gasteiger partial charge in [-0.15, -0.1) is 0 Å². The second-order valence-corrected chi connectivity index (χ2v) is 6.88. The Morgan fingerprint density at radius 1 is 1.33 bits per heavy atom. The van der Waals surface area contributed by atoms with Crippen molar-refractivity contribution in [2.75, 3.05) is 19.8 Å². The highest BCUT2D eigenvalue weighted by Crippen LogP contribution is 2.37. The molecule has 3 nitrogen and oxygen atoms in total. The average Bonchev–Trinajstić information content (AvgIpc) is 2.91. The Balaban J connectivity index is 1.67. The van der Waals surface area contributed by atoms with E-state index in [1.54, 1.807) is 0 Å². The van der Waals surface area contributed by atoms with Crippen LogP contribution in [0.1, 0.15) is 36.0 Å². The maximum absolute atomic E-state index is 6.55. The zero-order valence-electron chi connectivity index (χ0n) is 13.2. The minimum Gasteiger partial charge on any atom is -0.378 e. The molecule has 3 rings (SSSR count). The Labute approximate surface area is 127 Å². The fourth-order valence-corrected chi connectivity index (χ4v) is 3.74. The molecule has 3 atom stereocenters. The highest BCUT2D eigenvalue weighted by molar-refractivity contribution is 5.31. The van der Waals surface area contributed by atoms with E-state index in [1.807, 2.05) is 0 Å². The van der Waals surface area contributed by atoms with E-state index in [-0.39, 0.29) is 11.6 Å². The number of nitrogens with two attached hydrogens (primary N) is 1. The molecule has 1 aromatic carbocycles. The summed E-state index contributed by atoms with van der Waals surface area (Å²) in [6.45, 7) is 6.73. The van der Waals surface area contributed by atoms with Crippen molar-refractivity contribution in [2.24, 2.45) is 11.7 Å². The number of hydrogen-bond acceptors (Lipinski definition) is 3. The first-order valence-electron chi connectivity index (χ1n) is 8.11. The minimum absolute atomic E-state index is 0.0395. The predicted molar refractivity (Wildman–Crippen MR) is 84.4 cm³/mol. The second kappa shape index (κ2) is 6.07. The van der Waals surface area contributed by atoms with Crippen LogP contribution in [0.25, 0.3) is 0 Å². The number of benzene rings is 1. The van der Waals surface area contributed by atoms with E-state index >= 15 is 0 Å². The van der Waals surface area contributed by atoms with E-state index in [1.165, 1.54) is 16.7 Å². The van der Waals surface area contributed by atoms with Crippen LogP contribution in [-0.2, 0) is 15.9 Å². The summed E-state index contributed by atoms with van der Waals surface area (Å²) in [5, 5.41) is 0. The van der Waals surface area contributed by atoms with E-state index < -0.39 is 0 Å². The van der Waals surface area contributed by atoms with E-state index in [0.29, 0.717) is 5.92 Å². The third-order valence-corrected chi connectivity index (χ3v) is 5.16. The van der Waals surface area contributed by atoms with Gasteiger partial charge in [0.1, 0.15) is 0 Å². The Morgan fingerprint density at radius 3 is 2.95 bits per heavy atom. The lowest BCUT2D eigenvalue weighted by Gasteiger charge is -2.39. The topological polar surface area (TPSA) is 44.5 Å². The van der Waals surface area contributed by atoms with Gasteiger partial charge in [-0.2, -0.15) is 0 Å². The van der Waals surface area contributed by atoms with Crippen molar-refractivity contribution in [3.05, 3.63) is 34.9 Å². The van der Waals surface area contributed by atoms with E-state index in [4.69, 9.17) is 15.2 Å². The van der Waals surface area contributed by atoms with Crippen LogP contribution in [0.4, 0.5) is 0 Å². The van der Waals surface area contributed by atoms with Crippen LogP contribution in [0.15, 0.2) is 18.2 Å². The smallest absolute Gasteiger partial charge is 0.0939 e. The first kappa shape index (κ1) is 15.0. The SMILES string of the molecule is Cc1ccc(C)c(CC(N)C2CCOC3(CCOC3)C2)c1. The molecule has 21 heavy (non-hydrogen) atoms. The van der Waals surface area contributed by atoms with Crippen LogP contribution < -0.4 is 5.73 Å². The molecule has 1 aromatic rings. The van der Waals surface area contributed by atoms with Gasteiger partial charge in [0.25, 0.3) is 0 Å². The number of rotatable bonds is 3. The third-order valence-electron chi connectivity index (χ3n) is 5.16. The van der Waals surface area contributed by atoms with Crippen LogP contribution in [0.5, 0.6) is 0 Å². The van der Waals surface area contributed by atoms with Crippen molar-refractivity contribution in [2.45, 2.75) is 51.2 Å². The van der Waals surface area contributed by atoms with E-state index in [0.717, 1.165) is 45.5 Å². The lowest BCUT2D eigenvalue weighted by Crippen LogP contribution is -2.46. The molecule has 2 fully saturated rings. The summed E-state index contributed by atoms with van der Waals surface area (Å²) in [6.07, 6.45) is 4.13. The maximum Gasteiger partial charge on any atom is 0.0939 e. The van der Waals surface area contributed by atoms with E-state index in [2.05, 4.69) is 32.0 Å². The molecule has 0 aromatic heterocycles. The van der Waals surface area contributed by atoms with Crippen molar-refractivity contribution >= 4 is 0 Å². The van der Waals surface area contributed by atoms with Gasteiger partial charge in [-0.05, 0) is 50.2 Å². The summed E-state index contributed by atoms with van der Waals surface area (Å²) in [6, 6.07) is 6.87. The molecule has 2 heterocycles. The third kappa shape index (κ3) is 3.31. The van der Waals surface area contributed by atoms with Crippen molar-refractivity contribution in [1.29, 1.82) is 0 Å². The molecule has 2 saturated heterocycles. The quantitative estimate of drug-likeness (QED) is 0.930. The predicted octanol–water partition coefficient (Wildman–Crippen LogP) is 2.76. The summed E-state index contributed by atoms with van der Waals surface area (Å²) in [7, 11) is 0. The zero-order chi connectivity index (χ0) is 14.9. The van der Waals surface area contributed by atoms with Crippen LogP contribution in [-0.4, -0.2) is 31.5 Å². The Hall–Kier alpha value is -0.900. The van der Waals surface area contributed by atoms with E-state index in [9.17, 15) is 0 Å². The highest BCUT2D eigenvalue weighted by atomic mass is 16.6. The first-order chi connectivity index (χ1) is 10.1. The van der Waals surface area contributed by atoms with Crippen molar-refractivity contribution in [3.8, 4) is 0 Å². The summed E-state index contributed by atoms with van der Waals surface area (Å²) >= 11 is 0. The van der Waals surface area contributed by atoms with Gasteiger partial charge in [-0.3, -0.25) is 0 Å². The summed E-state index contributed by atoms with van der Waals surface area (Å²) in [5.41, 5.74) is 10.6. The largest absolute Gasteiger partial charge is 0.378 e. The molecule has 0 aliphatic carbocycles. The minimum atomic E-state index is -0.0395. The summed E-state index contributed by atoms with van der Waals surface area (Å²) in [4.78, 5) is 0. The lowest BCUT2D eigenvalue weighted by atomic mass is 9.79. The highest BCUT2D eigenvalue weighted by Gasteiger charge is 2.42. The fraction of sp³-hybridized carbons (Fsp3) is 0.667. The van der Waals surface area contributed by atoms with Gasteiger partial charge in [0.05, 0.1) is 12.2 Å². The molecule has 3 heteroatoms. The monoisotopic (exact) mass is 289 g/mol. The second-order valence-electron chi connectivity index (χ2n) is 6.88. The number of hydrogen-bond donors (Lipinski definition) is 1. The Kier molecular flexibility index (Phi) is 4.34.